The number of nitrogens with two attached hydrogens (primary N) is 1. The van der Waals surface area contributed by atoms with E-state index in [1.807, 2.05) is 0 Å². The molecule has 0 fully saturated rings. The van der Waals surface area contributed by atoms with Crippen LogP contribution in [-0.2, 0) is 17.1 Å². The van der Waals surface area contributed by atoms with Gasteiger partial charge >= 0.3 is 0 Å². The lowest BCUT2D eigenvalue weighted by molar-refractivity contribution is 0.101. The first-order chi connectivity index (χ1) is 9.29. The van der Waals surface area contributed by atoms with Crippen molar-refractivity contribution >= 4 is 21.6 Å². The molecule has 20 heavy (non-hydrogen) atoms. The molecule has 3 N–H and O–H groups in total. The summed E-state index contributed by atoms with van der Waals surface area (Å²) in [6.45, 7) is 0. The molecular formula is C11H11FN4O3S. The van der Waals surface area contributed by atoms with Crippen LogP contribution in [0.25, 0.3) is 0 Å². The van der Waals surface area contributed by atoms with Gasteiger partial charge in [-0.2, -0.15) is 0 Å². The topological polar surface area (TPSA) is 107 Å². The standard InChI is InChI=1S/C11H11FN4O3S/c1-16-6-14-5-9(16)11(17)15-8-4-7(12)2-3-10(8)20(13,18)19/h2-6H,1H3,(H,15,17)(H2,13,18,19). The maximum atomic E-state index is 13.2. The molecule has 0 bridgehead atoms. The highest BCUT2D eigenvalue weighted by molar-refractivity contribution is 7.89. The van der Waals surface area contributed by atoms with Crippen LogP contribution in [0.1, 0.15) is 10.5 Å². The summed E-state index contributed by atoms with van der Waals surface area (Å²) in [5.74, 6) is -1.32. The minimum Gasteiger partial charge on any atom is -0.330 e. The molecule has 1 aromatic carbocycles. The van der Waals surface area contributed by atoms with Crippen molar-refractivity contribution in [3.8, 4) is 0 Å². The molecule has 1 heterocycles. The number of carbonyl (C=O) groups excluding carboxylic acids is 1. The second-order valence-electron chi connectivity index (χ2n) is 4.03. The van der Waals surface area contributed by atoms with Crippen molar-refractivity contribution in [3.05, 3.63) is 42.2 Å². The van der Waals surface area contributed by atoms with Gasteiger partial charge in [-0.25, -0.2) is 22.9 Å². The number of primary sulfonamides is 1. The number of carbonyl (C=O) groups is 1. The highest BCUT2D eigenvalue weighted by Gasteiger charge is 2.18. The number of hydrogen-bond acceptors (Lipinski definition) is 4. The van der Waals surface area contributed by atoms with Crippen molar-refractivity contribution in [2.24, 2.45) is 12.2 Å². The predicted octanol–water partition coefficient (Wildman–Crippen LogP) is 0.459. The summed E-state index contributed by atoms with van der Waals surface area (Å²) < 4.78 is 37.4. The van der Waals surface area contributed by atoms with Crippen LogP contribution < -0.4 is 10.5 Å². The van der Waals surface area contributed by atoms with Crippen LogP contribution in [0.3, 0.4) is 0 Å². The fourth-order valence-electron chi connectivity index (χ4n) is 1.61. The van der Waals surface area contributed by atoms with Gasteiger partial charge in [0.2, 0.25) is 10.0 Å². The Balaban J connectivity index is 2.41. The summed E-state index contributed by atoms with van der Waals surface area (Å²) in [6, 6.07) is 2.82. The Bertz CT molecular complexity index is 770. The van der Waals surface area contributed by atoms with Crippen LogP contribution in [0.5, 0.6) is 0 Å². The van der Waals surface area contributed by atoms with Crippen LogP contribution in [-0.4, -0.2) is 23.9 Å². The number of amides is 1. The summed E-state index contributed by atoms with van der Waals surface area (Å²) in [7, 11) is -2.49. The Kier molecular flexibility index (Phi) is 3.55. The first kappa shape index (κ1) is 14.2. The Morgan fingerprint density at radius 1 is 1.45 bits per heavy atom. The predicted molar refractivity (Wildman–Crippen MR) is 68.9 cm³/mol. The van der Waals surface area contributed by atoms with Crippen LogP contribution in [0.2, 0.25) is 0 Å². The van der Waals surface area contributed by atoms with E-state index in [1.165, 1.54) is 17.1 Å². The number of rotatable bonds is 3. The van der Waals surface area contributed by atoms with Gasteiger partial charge in [-0.15, -0.1) is 0 Å². The fraction of sp³-hybridized carbons (Fsp3) is 0.0909. The lowest BCUT2D eigenvalue weighted by Crippen LogP contribution is -2.20. The Labute approximate surface area is 114 Å². The minimum absolute atomic E-state index is 0.189. The smallest absolute Gasteiger partial charge is 0.273 e. The molecule has 2 rings (SSSR count). The molecule has 0 aliphatic carbocycles. The highest BCUT2D eigenvalue weighted by Crippen LogP contribution is 2.21. The summed E-state index contributed by atoms with van der Waals surface area (Å²) in [4.78, 5) is 15.3. The number of benzene rings is 1. The number of aromatic nitrogens is 2. The van der Waals surface area contributed by atoms with Gasteiger partial charge in [0.15, 0.2) is 0 Å². The molecule has 0 saturated heterocycles. The van der Waals surface area contributed by atoms with Crippen molar-refractivity contribution < 1.29 is 17.6 Å². The normalized spacial score (nSPS) is 11.3. The lowest BCUT2D eigenvalue weighted by Gasteiger charge is -2.09. The molecule has 0 radical (unpaired) electrons. The monoisotopic (exact) mass is 298 g/mol. The largest absolute Gasteiger partial charge is 0.330 e. The van der Waals surface area contributed by atoms with E-state index in [-0.39, 0.29) is 16.3 Å². The Hall–Kier alpha value is -2.26. The van der Waals surface area contributed by atoms with E-state index < -0.39 is 21.7 Å². The van der Waals surface area contributed by atoms with Crippen molar-refractivity contribution in [2.75, 3.05) is 5.32 Å². The number of halogens is 1. The average molecular weight is 298 g/mol. The van der Waals surface area contributed by atoms with E-state index in [9.17, 15) is 17.6 Å². The molecule has 2 aromatic rings. The molecule has 7 nitrogen and oxygen atoms in total. The zero-order valence-corrected chi connectivity index (χ0v) is 11.2. The van der Waals surface area contributed by atoms with Crippen molar-refractivity contribution in [2.45, 2.75) is 4.90 Å². The van der Waals surface area contributed by atoms with E-state index in [0.717, 1.165) is 18.2 Å². The average Bonchev–Trinajstić information content (AvgIpc) is 2.73. The number of hydrogen-bond donors (Lipinski definition) is 2. The molecule has 9 heteroatoms. The molecule has 1 aromatic heterocycles. The quantitative estimate of drug-likeness (QED) is 0.858. The number of imidazole rings is 1. The second-order valence-corrected chi connectivity index (χ2v) is 5.56. The summed E-state index contributed by atoms with van der Waals surface area (Å²) in [5, 5.41) is 7.32. The van der Waals surface area contributed by atoms with E-state index in [4.69, 9.17) is 5.14 Å². The van der Waals surface area contributed by atoms with Gasteiger partial charge in [-0.1, -0.05) is 0 Å². The van der Waals surface area contributed by atoms with Crippen molar-refractivity contribution in [3.63, 3.8) is 0 Å². The lowest BCUT2D eigenvalue weighted by atomic mass is 10.3. The van der Waals surface area contributed by atoms with Crippen molar-refractivity contribution in [1.82, 2.24) is 9.55 Å². The number of nitrogens with zero attached hydrogens (tertiary/aromatic N) is 2. The van der Waals surface area contributed by atoms with Crippen LogP contribution in [0.4, 0.5) is 10.1 Å². The molecule has 0 aliphatic rings. The molecule has 0 atom stereocenters. The maximum Gasteiger partial charge on any atom is 0.273 e. The first-order valence-electron chi connectivity index (χ1n) is 5.39. The first-order valence-corrected chi connectivity index (χ1v) is 6.93. The van der Waals surface area contributed by atoms with Crippen LogP contribution in [0, 0.1) is 5.82 Å². The van der Waals surface area contributed by atoms with Gasteiger partial charge in [0.1, 0.15) is 16.4 Å². The number of aryl methyl sites for hydroxylation is 1. The fourth-order valence-corrected chi connectivity index (χ4v) is 2.28. The van der Waals surface area contributed by atoms with E-state index >= 15 is 0 Å². The second kappa shape index (κ2) is 5.02. The van der Waals surface area contributed by atoms with Crippen molar-refractivity contribution in [1.29, 1.82) is 0 Å². The third-order valence-corrected chi connectivity index (χ3v) is 3.51. The molecule has 1 amide bonds. The maximum absolute atomic E-state index is 13.2. The molecule has 0 unspecified atom stereocenters. The molecular weight excluding hydrogens is 287 g/mol. The summed E-state index contributed by atoms with van der Waals surface area (Å²) >= 11 is 0. The minimum atomic E-state index is -4.08. The Morgan fingerprint density at radius 3 is 2.70 bits per heavy atom. The number of nitrogens with one attached hydrogen (secondary N) is 1. The van der Waals surface area contributed by atoms with Crippen LogP contribution in [0.15, 0.2) is 35.6 Å². The van der Waals surface area contributed by atoms with E-state index in [1.54, 1.807) is 7.05 Å². The summed E-state index contributed by atoms with van der Waals surface area (Å²) in [5.41, 5.74) is -0.0340. The van der Waals surface area contributed by atoms with Gasteiger partial charge < -0.3 is 9.88 Å². The zero-order valence-electron chi connectivity index (χ0n) is 10.4. The molecule has 0 spiro atoms. The van der Waals surface area contributed by atoms with Gasteiger partial charge in [0, 0.05) is 7.05 Å². The molecule has 0 aliphatic heterocycles. The molecule has 0 saturated carbocycles. The highest BCUT2D eigenvalue weighted by atomic mass is 32.2. The van der Waals surface area contributed by atoms with Gasteiger partial charge in [-0.3, -0.25) is 4.79 Å². The van der Waals surface area contributed by atoms with E-state index in [2.05, 4.69) is 10.3 Å². The Morgan fingerprint density at radius 2 is 2.15 bits per heavy atom. The van der Waals surface area contributed by atoms with Gasteiger partial charge in [-0.05, 0) is 18.2 Å². The van der Waals surface area contributed by atoms with Gasteiger partial charge in [0.25, 0.3) is 5.91 Å². The number of sulfonamides is 1. The van der Waals surface area contributed by atoms with Crippen LogP contribution >= 0.6 is 0 Å². The molecule has 106 valence electrons. The third-order valence-electron chi connectivity index (χ3n) is 2.55. The SMILES string of the molecule is Cn1cncc1C(=O)Nc1cc(F)ccc1S(N)(=O)=O. The number of anilines is 1. The summed E-state index contributed by atoms with van der Waals surface area (Å²) in [6.07, 6.45) is 2.70. The van der Waals surface area contributed by atoms with Gasteiger partial charge in [0.05, 0.1) is 18.2 Å². The van der Waals surface area contributed by atoms with E-state index in [0.29, 0.717) is 0 Å². The zero-order chi connectivity index (χ0) is 14.9. The third kappa shape index (κ3) is 2.83.